The molecule has 1 N–H and O–H groups in total. The van der Waals surface area contributed by atoms with E-state index in [9.17, 15) is 21.6 Å². The number of carbonyl (C=O) groups excluding carboxylic acids is 1. The third-order valence-corrected chi connectivity index (χ3v) is 8.18. The van der Waals surface area contributed by atoms with E-state index in [2.05, 4.69) is 5.32 Å². The lowest BCUT2D eigenvalue weighted by atomic mass is 10.2. The van der Waals surface area contributed by atoms with Crippen molar-refractivity contribution in [3.05, 3.63) is 53.1 Å². The van der Waals surface area contributed by atoms with Crippen molar-refractivity contribution in [1.82, 2.24) is 4.31 Å². The average Bonchev–Trinajstić information content (AvgIpc) is 2.68. The summed E-state index contributed by atoms with van der Waals surface area (Å²) in [4.78, 5) is 12.6. The highest BCUT2D eigenvalue weighted by Gasteiger charge is 2.28. The van der Waals surface area contributed by atoms with Gasteiger partial charge in [-0.15, -0.1) is 0 Å². The van der Waals surface area contributed by atoms with E-state index in [1.54, 1.807) is 0 Å². The SMILES string of the molecule is CS(=O)(=O)c1ccc(NC(=O)c2ccc(Cl)c(S(=O)(=O)N3CCCCC3)c2)cc1. The van der Waals surface area contributed by atoms with Crippen molar-refractivity contribution in [3.8, 4) is 0 Å². The van der Waals surface area contributed by atoms with Crippen molar-refractivity contribution in [3.63, 3.8) is 0 Å². The number of nitrogens with one attached hydrogen (secondary N) is 1. The Morgan fingerprint density at radius 1 is 0.966 bits per heavy atom. The number of hydrogen-bond acceptors (Lipinski definition) is 5. The number of rotatable bonds is 5. The molecule has 0 atom stereocenters. The Kier molecular flexibility index (Phi) is 6.33. The van der Waals surface area contributed by atoms with E-state index in [0.29, 0.717) is 18.8 Å². The van der Waals surface area contributed by atoms with Gasteiger partial charge >= 0.3 is 0 Å². The first kappa shape index (κ1) is 21.8. The maximum absolute atomic E-state index is 12.9. The molecule has 1 fully saturated rings. The number of piperidine rings is 1. The summed E-state index contributed by atoms with van der Waals surface area (Å²) >= 11 is 6.13. The van der Waals surface area contributed by atoms with Crippen LogP contribution >= 0.6 is 11.6 Å². The second-order valence-electron chi connectivity index (χ2n) is 6.86. The van der Waals surface area contributed by atoms with Gasteiger partial charge in [-0.05, 0) is 55.3 Å². The van der Waals surface area contributed by atoms with Crippen LogP contribution < -0.4 is 5.32 Å². The van der Waals surface area contributed by atoms with Gasteiger partial charge < -0.3 is 5.32 Å². The molecule has 1 saturated heterocycles. The Morgan fingerprint density at radius 3 is 2.17 bits per heavy atom. The summed E-state index contributed by atoms with van der Waals surface area (Å²) in [6.45, 7) is 0.865. The fourth-order valence-electron chi connectivity index (χ4n) is 3.08. The molecule has 10 heteroatoms. The number of carbonyl (C=O) groups is 1. The molecule has 0 aliphatic carbocycles. The van der Waals surface area contributed by atoms with E-state index in [4.69, 9.17) is 11.6 Å². The number of sulfonamides is 1. The molecule has 0 unspecified atom stereocenters. The second-order valence-corrected chi connectivity index (χ2v) is 11.2. The highest BCUT2D eigenvalue weighted by Crippen LogP contribution is 2.28. The van der Waals surface area contributed by atoms with Gasteiger partial charge in [0.2, 0.25) is 10.0 Å². The molecule has 2 aromatic rings. The molecule has 0 aromatic heterocycles. The molecule has 1 heterocycles. The maximum atomic E-state index is 12.9. The first-order valence-corrected chi connectivity index (χ1v) is 12.7. The van der Waals surface area contributed by atoms with E-state index in [-0.39, 0.29) is 20.4 Å². The minimum atomic E-state index is -3.79. The summed E-state index contributed by atoms with van der Waals surface area (Å²) in [6.07, 6.45) is 3.67. The summed E-state index contributed by atoms with van der Waals surface area (Å²) in [7, 11) is -7.13. The summed E-state index contributed by atoms with van der Waals surface area (Å²) in [5.74, 6) is -0.524. The molecule has 1 amide bonds. The van der Waals surface area contributed by atoms with E-state index >= 15 is 0 Å². The van der Waals surface area contributed by atoms with Gasteiger partial charge in [0.05, 0.1) is 9.92 Å². The van der Waals surface area contributed by atoms with Gasteiger partial charge in [0.15, 0.2) is 9.84 Å². The smallest absolute Gasteiger partial charge is 0.255 e. The Morgan fingerprint density at radius 2 is 1.59 bits per heavy atom. The lowest BCUT2D eigenvalue weighted by Gasteiger charge is -2.26. The lowest BCUT2D eigenvalue weighted by Crippen LogP contribution is -2.35. The van der Waals surface area contributed by atoms with Crippen molar-refractivity contribution in [2.45, 2.75) is 29.1 Å². The Labute approximate surface area is 175 Å². The van der Waals surface area contributed by atoms with Gasteiger partial charge in [-0.1, -0.05) is 18.0 Å². The normalized spacial score (nSPS) is 15.8. The standard InChI is InChI=1S/C19H21ClN2O5S2/c1-28(24,25)16-8-6-15(7-9-16)21-19(23)14-5-10-17(20)18(13-14)29(26,27)22-11-3-2-4-12-22/h5-10,13H,2-4,11-12H2,1H3,(H,21,23). The van der Waals surface area contributed by atoms with Crippen LogP contribution in [0.1, 0.15) is 29.6 Å². The number of hydrogen-bond donors (Lipinski definition) is 1. The minimum Gasteiger partial charge on any atom is -0.322 e. The van der Waals surface area contributed by atoms with Gasteiger partial charge in [0.25, 0.3) is 5.91 Å². The Balaban J connectivity index is 1.84. The van der Waals surface area contributed by atoms with E-state index in [1.165, 1.54) is 46.8 Å². The van der Waals surface area contributed by atoms with Crippen molar-refractivity contribution in [2.75, 3.05) is 24.7 Å². The number of anilines is 1. The molecule has 156 valence electrons. The number of sulfone groups is 1. The predicted molar refractivity (Wildman–Crippen MR) is 112 cm³/mol. The van der Waals surface area contributed by atoms with E-state index in [0.717, 1.165) is 25.5 Å². The number of amides is 1. The van der Waals surface area contributed by atoms with Gasteiger partial charge in [0.1, 0.15) is 4.90 Å². The van der Waals surface area contributed by atoms with Crippen LogP contribution in [-0.4, -0.2) is 46.4 Å². The monoisotopic (exact) mass is 456 g/mol. The molecular weight excluding hydrogens is 436 g/mol. The van der Waals surface area contributed by atoms with Crippen molar-refractivity contribution >= 4 is 43.1 Å². The number of benzene rings is 2. The van der Waals surface area contributed by atoms with Gasteiger partial charge in [-0.3, -0.25) is 4.79 Å². The highest BCUT2D eigenvalue weighted by molar-refractivity contribution is 7.90. The zero-order chi connectivity index (χ0) is 21.2. The lowest BCUT2D eigenvalue weighted by molar-refractivity contribution is 0.102. The van der Waals surface area contributed by atoms with Crippen LogP contribution in [0.2, 0.25) is 5.02 Å². The molecule has 29 heavy (non-hydrogen) atoms. The topological polar surface area (TPSA) is 101 Å². The second kappa shape index (κ2) is 8.43. The molecule has 7 nitrogen and oxygen atoms in total. The number of halogens is 1. The van der Waals surface area contributed by atoms with Crippen LogP contribution in [-0.2, 0) is 19.9 Å². The zero-order valence-corrected chi connectivity index (χ0v) is 18.1. The van der Waals surface area contributed by atoms with Crippen LogP contribution in [0.4, 0.5) is 5.69 Å². The molecule has 0 spiro atoms. The van der Waals surface area contributed by atoms with Crippen LogP contribution in [0.5, 0.6) is 0 Å². The molecule has 1 aliphatic rings. The molecule has 0 saturated carbocycles. The first-order valence-electron chi connectivity index (χ1n) is 9.00. The predicted octanol–water partition coefficient (Wildman–Crippen LogP) is 3.17. The minimum absolute atomic E-state index is 0.0598. The molecule has 0 radical (unpaired) electrons. The fraction of sp³-hybridized carbons (Fsp3) is 0.316. The highest BCUT2D eigenvalue weighted by atomic mass is 35.5. The third-order valence-electron chi connectivity index (χ3n) is 4.67. The summed E-state index contributed by atoms with van der Waals surface area (Å²) < 4.78 is 50.3. The largest absolute Gasteiger partial charge is 0.322 e. The average molecular weight is 457 g/mol. The Hall–Kier alpha value is -1.94. The first-order chi connectivity index (χ1) is 13.6. The molecule has 0 bridgehead atoms. The summed E-state index contributed by atoms with van der Waals surface area (Å²) in [5, 5.41) is 2.69. The van der Waals surface area contributed by atoms with Crippen molar-refractivity contribution in [2.24, 2.45) is 0 Å². The van der Waals surface area contributed by atoms with Gasteiger partial charge in [-0.2, -0.15) is 4.31 Å². The van der Waals surface area contributed by atoms with Gasteiger partial charge in [0, 0.05) is 30.6 Å². The van der Waals surface area contributed by atoms with E-state index in [1.807, 2.05) is 0 Å². The summed E-state index contributed by atoms with van der Waals surface area (Å²) in [6, 6.07) is 9.81. The van der Waals surface area contributed by atoms with Crippen LogP contribution in [0.25, 0.3) is 0 Å². The van der Waals surface area contributed by atoms with Crippen LogP contribution in [0, 0.1) is 0 Å². The fourth-order valence-corrected chi connectivity index (χ4v) is 5.72. The van der Waals surface area contributed by atoms with Crippen molar-refractivity contribution in [1.29, 1.82) is 0 Å². The molecule has 2 aromatic carbocycles. The quantitative estimate of drug-likeness (QED) is 0.744. The zero-order valence-electron chi connectivity index (χ0n) is 15.8. The summed E-state index contributed by atoms with van der Waals surface area (Å²) in [5.41, 5.74) is 0.523. The molecule has 1 aliphatic heterocycles. The van der Waals surface area contributed by atoms with Crippen LogP contribution in [0.15, 0.2) is 52.3 Å². The Bertz CT molecular complexity index is 1120. The van der Waals surface area contributed by atoms with Gasteiger partial charge in [-0.25, -0.2) is 16.8 Å². The molecular formula is C19H21ClN2O5S2. The number of nitrogens with zero attached hydrogens (tertiary/aromatic N) is 1. The van der Waals surface area contributed by atoms with Crippen LogP contribution in [0.3, 0.4) is 0 Å². The molecule has 3 rings (SSSR count). The maximum Gasteiger partial charge on any atom is 0.255 e. The van der Waals surface area contributed by atoms with E-state index < -0.39 is 25.8 Å². The third kappa shape index (κ3) is 4.98. The van der Waals surface area contributed by atoms with Crippen molar-refractivity contribution < 1.29 is 21.6 Å².